The summed E-state index contributed by atoms with van der Waals surface area (Å²) >= 11 is 0. The first-order valence-electron chi connectivity index (χ1n) is 13.0. The van der Waals surface area contributed by atoms with Crippen molar-refractivity contribution in [2.24, 2.45) is 0 Å². The van der Waals surface area contributed by atoms with Crippen LogP contribution in [0.1, 0.15) is 5.56 Å². The van der Waals surface area contributed by atoms with Gasteiger partial charge in [0.25, 0.3) is 0 Å². The van der Waals surface area contributed by atoms with Crippen LogP contribution in [0.5, 0.6) is 0 Å². The Hall–Kier alpha value is -4.88. The van der Waals surface area contributed by atoms with Crippen LogP contribution in [0.3, 0.4) is 0 Å². The van der Waals surface area contributed by atoms with Crippen LogP contribution in [0, 0.1) is 6.92 Å². The second kappa shape index (κ2) is 10.6. The average molecular weight is 488 g/mol. The van der Waals surface area contributed by atoms with E-state index in [1.165, 1.54) is 38.9 Å². The van der Waals surface area contributed by atoms with Crippen LogP contribution in [0.4, 0.5) is 17.1 Å². The molecule has 0 N–H and O–H groups in total. The number of nitrogens with zero attached hydrogens (tertiary/aromatic N) is 1. The summed E-state index contributed by atoms with van der Waals surface area (Å²) in [5.74, 6) is 0. The number of hydrogen-bond donors (Lipinski definition) is 0. The van der Waals surface area contributed by atoms with E-state index in [0.29, 0.717) is 0 Å². The maximum absolute atomic E-state index is 2.32. The predicted molar refractivity (Wildman–Crippen MR) is 162 cm³/mol. The molecule has 6 aromatic rings. The van der Waals surface area contributed by atoms with Crippen molar-refractivity contribution < 1.29 is 0 Å². The van der Waals surface area contributed by atoms with Gasteiger partial charge in [0.1, 0.15) is 0 Å². The van der Waals surface area contributed by atoms with Gasteiger partial charge >= 0.3 is 0 Å². The van der Waals surface area contributed by atoms with Crippen LogP contribution in [0.15, 0.2) is 158 Å². The molecule has 182 valence electrons. The lowest BCUT2D eigenvalue weighted by atomic mass is 10.0. The van der Waals surface area contributed by atoms with Gasteiger partial charge in [-0.05, 0) is 76.7 Å². The third-order valence-corrected chi connectivity index (χ3v) is 6.98. The molecule has 0 atom stereocenters. The van der Waals surface area contributed by atoms with Gasteiger partial charge in [0, 0.05) is 17.1 Å². The fourth-order valence-corrected chi connectivity index (χ4v) is 4.86. The summed E-state index contributed by atoms with van der Waals surface area (Å²) in [6.07, 6.45) is 0. The molecule has 0 saturated carbocycles. The largest absolute Gasteiger partial charge is 0.311 e. The Morgan fingerprint density at radius 2 is 0.553 bits per heavy atom. The van der Waals surface area contributed by atoms with Crippen molar-refractivity contribution in [3.05, 3.63) is 163 Å². The summed E-state index contributed by atoms with van der Waals surface area (Å²) in [5.41, 5.74) is 12.0. The van der Waals surface area contributed by atoms with Crippen molar-refractivity contribution in [2.45, 2.75) is 6.92 Å². The normalized spacial score (nSPS) is 10.8. The summed E-state index contributed by atoms with van der Waals surface area (Å²) in [6, 6.07) is 56.3. The number of aryl methyl sites for hydroxylation is 1. The quantitative estimate of drug-likeness (QED) is 0.226. The molecule has 0 saturated heterocycles. The van der Waals surface area contributed by atoms with Crippen molar-refractivity contribution in [1.29, 1.82) is 0 Å². The monoisotopic (exact) mass is 487 g/mol. The molecular formula is C37H29N. The van der Waals surface area contributed by atoms with Gasteiger partial charge < -0.3 is 4.90 Å². The van der Waals surface area contributed by atoms with Crippen molar-refractivity contribution in [2.75, 3.05) is 4.90 Å². The number of benzene rings is 6. The maximum atomic E-state index is 2.32. The fraction of sp³-hybridized carbons (Fsp3) is 0.0270. The topological polar surface area (TPSA) is 3.24 Å². The molecule has 38 heavy (non-hydrogen) atoms. The lowest BCUT2D eigenvalue weighted by Crippen LogP contribution is -2.09. The molecule has 0 aliphatic carbocycles. The minimum atomic E-state index is 1.13. The summed E-state index contributed by atoms with van der Waals surface area (Å²) in [4.78, 5) is 2.32. The standard InChI is InChI=1S/C37H29N/c1-28-12-14-31(15-13-28)34-20-26-37(27-21-34)38(35-22-16-32(17-23-35)29-8-4-2-5-9-29)36-24-18-33(19-25-36)30-10-6-3-7-11-30/h2-27H,1H3. The Morgan fingerprint density at radius 3 is 0.868 bits per heavy atom. The second-order valence-electron chi connectivity index (χ2n) is 9.57. The summed E-state index contributed by atoms with van der Waals surface area (Å²) in [5, 5.41) is 0. The van der Waals surface area contributed by atoms with Crippen LogP contribution >= 0.6 is 0 Å². The molecular weight excluding hydrogens is 458 g/mol. The predicted octanol–water partition coefficient (Wildman–Crippen LogP) is 10.5. The molecule has 1 heteroatoms. The smallest absolute Gasteiger partial charge is 0.0462 e. The fourth-order valence-electron chi connectivity index (χ4n) is 4.86. The van der Waals surface area contributed by atoms with Gasteiger partial charge in [0.05, 0.1) is 0 Å². The first-order valence-corrected chi connectivity index (χ1v) is 13.0. The molecule has 6 aromatic carbocycles. The van der Waals surface area contributed by atoms with E-state index in [4.69, 9.17) is 0 Å². The van der Waals surface area contributed by atoms with Crippen molar-refractivity contribution in [3.8, 4) is 33.4 Å². The van der Waals surface area contributed by atoms with Gasteiger partial charge in [0.15, 0.2) is 0 Å². The molecule has 0 amide bonds. The zero-order chi connectivity index (χ0) is 25.7. The highest BCUT2D eigenvalue weighted by molar-refractivity contribution is 5.81. The molecule has 0 fully saturated rings. The number of anilines is 3. The van der Waals surface area contributed by atoms with Gasteiger partial charge in [0.2, 0.25) is 0 Å². The van der Waals surface area contributed by atoms with Crippen LogP contribution in [0.2, 0.25) is 0 Å². The molecule has 0 aromatic heterocycles. The third-order valence-electron chi connectivity index (χ3n) is 6.98. The molecule has 0 heterocycles. The Kier molecular flexibility index (Phi) is 6.57. The van der Waals surface area contributed by atoms with Gasteiger partial charge in [-0.3, -0.25) is 0 Å². The van der Waals surface area contributed by atoms with Crippen molar-refractivity contribution in [1.82, 2.24) is 0 Å². The molecule has 0 spiro atoms. The van der Waals surface area contributed by atoms with E-state index in [0.717, 1.165) is 17.1 Å². The van der Waals surface area contributed by atoms with E-state index in [1.54, 1.807) is 0 Å². The lowest BCUT2D eigenvalue weighted by Gasteiger charge is -2.26. The van der Waals surface area contributed by atoms with E-state index >= 15 is 0 Å². The van der Waals surface area contributed by atoms with Gasteiger partial charge in [-0.1, -0.05) is 127 Å². The minimum absolute atomic E-state index is 1.13. The Balaban J connectivity index is 1.38. The molecule has 6 rings (SSSR count). The summed E-state index contributed by atoms with van der Waals surface area (Å²) < 4.78 is 0. The maximum Gasteiger partial charge on any atom is 0.0462 e. The molecule has 0 bridgehead atoms. The molecule has 0 radical (unpaired) electrons. The second-order valence-corrected chi connectivity index (χ2v) is 9.57. The Morgan fingerprint density at radius 1 is 0.289 bits per heavy atom. The highest BCUT2D eigenvalue weighted by atomic mass is 15.1. The van der Waals surface area contributed by atoms with E-state index in [2.05, 4.69) is 170 Å². The van der Waals surface area contributed by atoms with Crippen LogP contribution in [-0.4, -0.2) is 0 Å². The first-order chi connectivity index (χ1) is 18.7. The molecule has 0 aliphatic rings. The zero-order valence-corrected chi connectivity index (χ0v) is 21.5. The van der Waals surface area contributed by atoms with Crippen LogP contribution in [0.25, 0.3) is 33.4 Å². The van der Waals surface area contributed by atoms with Crippen LogP contribution < -0.4 is 4.90 Å². The van der Waals surface area contributed by atoms with E-state index in [1.807, 2.05) is 0 Å². The van der Waals surface area contributed by atoms with E-state index in [9.17, 15) is 0 Å². The molecule has 0 unspecified atom stereocenters. The molecule has 1 nitrogen and oxygen atoms in total. The van der Waals surface area contributed by atoms with Gasteiger partial charge in [-0.2, -0.15) is 0 Å². The third kappa shape index (κ3) is 5.00. The Bertz CT molecular complexity index is 1520. The van der Waals surface area contributed by atoms with Crippen molar-refractivity contribution >= 4 is 17.1 Å². The zero-order valence-electron chi connectivity index (χ0n) is 21.5. The Labute approximate surface area is 225 Å². The number of rotatable bonds is 6. The highest BCUT2D eigenvalue weighted by Gasteiger charge is 2.13. The summed E-state index contributed by atoms with van der Waals surface area (Å²) in [7, 11) is 0. The lowest BCUT2D eigenvalue weighted by molar-refractivity contribution is 1.28. The van der Waals surface area contributed by atoms with Crippen LogP contribution in [-0.2, 0) is 0 Å². The van der Waals surface area contributed by atoms with Gasteiger partial charge in [-0.15, -0.1) is 0 Å². The molecule has 0 aliphatic heterocycles. The minimum Gasteiger partial charge on any atom is -0.311 e. The van der Waals surface area contributed by atoms with Gasteiger partial charge in [-0.25, -0.2) is 0 Å². The summed E-state index contributed by atoms with van der Waals surface area (Å²) in [6.45, 7) is 2.12. The first kappa shape index (κ1) is 23.5. The number of hydrogen-bond acceptors (Lipinski definition) is 1. The average Bonchev–Trinajstić information content (AvgIpc) is 3.00. The van der Waals surface area contributed by atoms with Crippen molar-refractivity contribution in [3.63, 3.8) is 0 Å². The van der Waals surface area contributed by atoms with E-state index < -0.39 is 0 Å². The van der Waals surface area contributed by atoms with E-state index in [-0.39, 0.29) is 0 Å². The SMILES string of the molecule is Cc1ccc(-c2ccc(N(c3ccc(-c4ccccc4)cc3)c3ccc(-c4ccccc4)cc3)cc2)cc1. The highest BCUT2D eigenvalue weighted by Crippen LogP contribution is 2.37.